The van der Waals surface area contributed by atoms with E-state index >= 15 is 0 Å². The van der Waals surface area contributed by atoms with Gasteiger partial charge in [-0.25, -0.2) is 10.8 Å². The van der Waals surface area contributed by atoms with Crippen LogP contribution in [-0.4, -0.2) is 9.97 Å². The van der Waals surface area contributed by atoms with E-state index in [9.17, 15) is 0 Å². The van der Waals surface area contributed by atoms with Gasteiger partial charge < -0.3 is 5.32 Å². The molecule has 0 fully saturated rings. The van der Waals surface area contributed by atoms with Crippen LogP contribution < -0.4 is 16.6 Å². The minimum atomic E-state index is 0.236. The molecule has 19 heavy (non-hydrogen) atoms. The van der Waals surface area contributed by atoms with Crippen molar-refractivity contribution < 1.29 is 0 Å². The first kappa shape index (κ1) is 13.8. The molecule has 0 aliphatic carbocycles. The van der Waals surface area contributed by atoms with Crippen LogP contribution in [0.4, 0.5) is 11.8 Å². The molecule has 4 N–H and O–H groups in total. The van der Waals surface area contributed by atoms with Crippen LogP contribution in [0.15, 0.2) is 23.6 Å². The van der Waals surface area contributed by atoms with Crippen molar-refractivity contribution in [3.63, 3.8) is 0 Å². The van der Waals surface area contributed by atoms with Gasteiger partial charge in [0.05, 0.1) is 6.04 Å². The molecule has 0 radical (unpaired) electrons. The summed E-state index contributed by atoms with van der Waals surface area (Å²) in [5.41, 5.74) is 3.36. The molecule has 0 saturated carbocycles. The number of thiophene rings is 1. The van der Waals surface area contributed by atoms with E-state index < -0.39 is 0 Å². The summed E-state index contributed by atoms with van der Waals surface area (Å²) in [4.78, 5) is 9.81. The molecule has 102 valence electrons. The predicted octanol–water partition coefficient (Wildman–Crippen LogP) is 2.94. The van der Waals surface area contributed by atoms with E-state index in [0.29, 0.717) is 11.9 Å². The van der Waals surface area contributed by atoms with Crippen molar-refractivity contribution in [1.29, 1.82) is 0 Å². The van der Waals surface area contributed by atoms with Gasteiger partial charge in [0, 0.05) is 16.6 Å². The number of aromatic nitrogens is 2. The molecule has 0 amide bonds. The number of aryl methyl sites for hydroxylation is 1. The van der Waals surface area contributed by atoms with Crippen LogP contribution in [0, 0.1) is 12.8 Å². The summed E-state index contributed by atoms with van der Waals surface area (Å²) in [5, 5.41) is 5.55. The van der Waals surface area contributed by atoms with Gasteiger partial charge >= 0.3 is 0 Å². The zero-order valence-electron chi connectivity index (χ0n) is 11.3. The Labute approximate surface area is 117 Å². The van der Waals surface area contributed by atoms with E-state index in [1.807, 2.05) is 13.0 Å². The standard InChI is InChI=1S/C13H19N5S/c1-8(2)12(10-5-4-6-19-10)16-11-7-9(3)15-13(17-11)18-14/h4-8,12H,14H2,1-3H3,(H2,15,16,17,18). The normalized spacial score (nSPS) is 12.5. The van der Waals surface area contributed by atoms with Gasteiger partial charge in [0.2, 0.25) is 5.95 Å². The Morgan fingerprint density at radius 2 is 2.11 bits per heavy atom. The molecule has 2 aromatic heterocycles. The summed E-state index contributed by atoms with van der Waals surface area (Å²) >= 11 is 1.75. The van der Waals surface area contributed by atoms with Crippen LogP contribution in [0.3, 0.4) is 0 Å². The lowest BCUT2D eigenvalue weighted by Gasteiger charge is -2.22. The first-order chi connectivity index (χ1) is 9.10. The first-order valence-electron chi connectivity index (χ1n) is 6.22. The topological polar surface area (TPSA) is 75.9 Å². The molecular formula is C13H19N5S. The maximum Gasteiger partial charge on any atom is 0.239 e. The lowest BCUT2D eigenvalue weighted by Crippen LogP contribution is -2.18. The molecule has 0 spiro atoms. The highest BCUT2D eigenvalue weighted by Gasteiger charge is 2.17. The third-order valence-electron chi connectivity index (χ3n) is 2.80. The number of hydrogen-bond donors (Lipinski definition) is 3. The van der Waals surface area contributed by atoms with Gasteiger partial charge in [0.25, 0.3) is 0 Å². The summed E-state index contributed by atoms with van der Waals surface area (Å²) in [6.07, 6.45) is 0. The van der Waals surface area contributed by atoms with Crippen molar-refractivity contribution in [3.8, 4) is 0 Å². The monoisotopic (exact) mass is 277 g/mol. The van der Waals surface area contributed by atoms with Crippen molar-refractivity contribution in [3.05, 3.63) is 34.2 Å². The molecule has 5 nitrogen and oxygen atoms in total. The fraction of sp³-hybridized carbons (Fsp3) is 0.385. The third-order valence-corrected chi connectivity index (χ3v) is 3.76. The molecule has 1 atom stereocenters. The Balaban J connectivity index is 2.24. The Morgan fingerprint density at radius 3 is 2.68 bits per heavy atom. The highest BCUT2D eigenvalue weighted by Crippen LogP contribution is 2.29. The van der Waals surface area contributed by atoms with Crippen molar-refractivity contribution in [2.24, 2.45) is 11.8 Å². The summed E-state index contributed by atoms with van der Waals surface area (Å²) in [6.45, 7) is 6.30. The van der Waals surface area contributed by atoms with Crippen LogP contribution in [0.2, 0.25) is 0 Å². The summed E-state index contributed by atoms with van der Waals surface area (Å²) < 4.78 is 0. The second-order valence-electron chi connectivity index (χ2n) is 4.74. The van der Waals surface area contributed by atoms with Crippen LogP contribution in [0.5, 0.6) is 0 Å². The number of hydrazine groups is 1. The number of hydrogen-bond acceptors (Lipinski definition) is 6. The van der Waals surface area contributed by atoms with E-state index in [-0.39, 0.29) is 6.04 Å². The van der Waals surface area contributed by atoms with Gasteiger partial charge in [-0.05, 0) is 24.3 Å². The fourth-order valence-corrected chi connectivity index (χ4v) is 2.85. The Bertz CT molecular complexity index is 524. The molecular weight excluding hydrogens is 258 g/mol. The summed E-state index contributed by atoms with van der Waals surface area (Å²) in [6, 6.07) is 6.36. The van der Waals surface area contributed by atoms with Crippen LogP contribution in [0.1, 0.15) is 30.5 Å². The number of nitrogens with two attached hydrogens (primary N) is 1. The number of nitrogens with one attached hydrogen (secondary N) is 2. The van der Waals surface area contributed by atoms with E-state index in [4.69, 9.17) is 5.84 Å². The van der Waals surface area contributed by atoms with Crippen molar-refractivity contribution in [2.75, 3.05) is 10.7 Å². The molecule has 0 aromatic carbocycles. The summed E-state index contributed by atoms with van der Waals surface area (Å²) in [7, 11) is 0. The van der Waals surface area contributed by atoms with Crippen LogP contribution >= 0.6 is 11.3 Å². The highest BCUT2D eigenvalue weighted by atomic mass is 32.1. The van der Waals surface area contributed by atoms with Gasteiger partial charge in [-0.15, -0.1) is 11.3 Å². The smallest absolute Gasteiger partial charge is 0.239 e. The predicted molar refractivity (Wildman–Crippen MR) is 80.1 cm³/mol. The fourth-order valence-electron chi connectivity index (χ4n) is 1.90. The van der Waals surface area contributed by atoms with Gasteiger partial charge in [-0.1, -0.05) is 19.9 Å². The largest absolute Gasteiger partial charge is 0.362 e. The minimum Gasteiger partial charge on any atom is -0.362 e. The maximum atomic E-state index is 5.37. The van der Waals surface area contributed by atoms with Crippen LogP contribution in [0.25, 0.3) is 0 Å². The maximum absolute atomic E-state index is 5.37. The number of anilines is 2. The van der Waals surface area contributed by atoms with Crippen molar-refractivity contribution in [2.45, 2.75) is 26.8 Å². The van der Waals surface area contributed by atoms with Gasteiger partial charge in [-0.2, -0.15) is 4.98 Å². The Morgan fingerprint density at radius 1 is 1.32 bits per heavy atom. The highest BCUT2D eigenvalue weighted by molar-refractivity contribution is 7.10. The second kappa shape index (κ2) is 5.99. The molecule has 2 aromatic rings. The van der Waals surface area contributed by atoms with E-state index in [1.165, 1.54) is 4.88 Å². The summed E-state index contributed by atoms with van der Waals surface area (Å²) in [5.74, 6) is 7.05. The molecule has 0 bridgehead atoms. The zero-order valence-corrected chi connectivity index (χ0v) is 12.2. The second-order valence-corrected chi connectivity index (χ2v) is 5.72. The van der Waals surface area contributed by atoms with E-state index in [1.54, 1.807) is 11.3 Å². The zero-order chi connectivity index (χ0) is 13.8. The Hall–Kier alpha value is -1.66. The molecule has 6 heteroatoms. The minimum absolute atomic E-state index is 0.236. The lowest BCUT2D eigenvalue weighted by molar-refractivity contribution is 0.552. The van der Waals surface area contributed by atoms with Crippen molar-refractivity contribution in [1.82, 2.24) is 9.97 Å². The number of nitrogen functional groups attached to an aromatic ring is 1. The molecule has 0 aliphatic rings. The van der Waals surface area contributed by atoms with Crippen LogP contribution in [-0.2, 0) is 0 Å². The third kappa shape index (κ3) is 3.42. The first-order valence-corrected chi connectivity index (χ1v) is 7.10. The van der Waals surface area contributed by atoms with Gasteiger partial charge in [0.1, 0.15) is 5.82 Å². The lowest BCUT2D eigenvalue weighted by atomic mass is 10.0. The van der Waals surface area contributed by atoms with Gasteiger partial charge in [0.15, 0.2) is 0 Å². The van der Waals surface area contributed by atoms with Gasteiger partial charge in [-0.3, -0.25) is 5.43 Å². The quantitative estimate of drug-likeness (QED) is 0.578. The van der Waals surface area contributed by atoms with E-state index in [0.717, 1.165) is 11.5 Å². The average molecular weight is 277 g/mol. The van der Waals surface area contributed by atoms with E-state index in [2.05, 4.69) is 52.1 Å². The molecule has 0 saturated heterocycles. The molecule has 0 aliphatic heterocycles. The van der Waals surface area contributed by atoms with Crippen molar-refractivity contribution >= 4 is 23.1 Å². The number of rotatable bonds is 5. The molecule has 1 unspecified atom stereocenters. The Kier molecular flexibility index (Phi) is 4.34. The average Bonchev–Trinajstić information content (AvgIpc) is 2.88. The molecule has 2 rings (SSSR count). The SMILES string of the molecule is Cc1cc(NC(c2cccs2)C(C)C)nc(NN)n1. The molecule has 2 heterocycles. The number of nitrogens with zero attached hydrogens (tertiary/aromatic N) is 2.